The molecule has 1 heterocycles. The molecule has 0 radical (unpaired) electrons. The standard InChI is InChI=1S/C21H31NO2/c1-17-9-8-12-19(15-17)21(24,18-10-4-2-5-11-18)16-20(23)22-13-6-3-7-14-22/h8-9,12,15,18,24H,2-7,10-11,13-14,16H2,1H3. The second kappa shape index (κ2) is 7.69. The highest BCUT2D eigenvalue weighted by atomic mass is 16.3. The minimum Gasteiger partial charge on any atom is -0.384 e. The van der Waals surface area contributed by atoms with E-state index < -0.39 is 5.60 Å². The van der Waals surface area contributed by atoms with Gasteiger partial charge in [0.05, 0.1) is 6.42 Å². The minimum atomic E-state index is -1.01. The molecule has 1 atom stereocenters. The summed E-state index contributed by atoms with van der Waals surface area (Å²) in [4.78, 5) is 14.8. The van der Waals surface area contributed by atoms with E-state index >= 15 is 0 Å². The van der Waals surface area contributed by atoms with Crippen LogP contribution in [0.2, 0.25) is 0 Å². The summed E-state index contributed by atoms with van der Waals surface area (Å²) in [7, 11) is 0. The highest BCUT2D eigenvalue weighted by Gasteiger charge is 2.41. The smallest absolute Gasteiger partial charge is 0.225 e. The Kier molecular flexibility index (Phi) is 5.60. The van der Waals surface area contributed by atoms with Crippen molar-refractivity contribution in [2.75, 3.05) is 13.1 Å². The van der Waals surface area contributed by atoms with E-state index in [1.807, 2.05) is 17.0 Å². The van der Waals surface area contributed by atoms with Crippen molar-refractivity contribution in [3.05, 3.63) is 35.4 Å². The second-order valence-electron chi connectivity index (χ2n) is 7.75. The zero-order valence-electron chi connectivity index (χ0n) is 15.0. The van der Waals surface area contributed by atoms with Crippen molar-refractivity contribution in [1.82, 2.24) is 4.90 Å². The summed E-state index contributed by atoms with van der Waals surface area (Å²) < 4.78 is 0. The average Bonchev–Trinajstić information content (AvgIpc) is 2.63. The summed E-state index contributed by atoms with van der Waals surface area (Å²) in [5.41, 5.74) is 1.06. The Bertz CT molecular complexity index is 559. The maximum absolute atomic E-state index is 12.9. The molecule has 3 nitrogen and oxygen atoms in total. The molecule has 2 fully saturated rings. The van der Waals surface area contributed by atoms with Crippen molar-refractivity contribution in [3.63, 3.8) is 0 Å². The Hall–Kier alpha value is -1.35. The largest absolute Gasteiger partial charge is 0.384 e. The van der Waals surface area contributed by atoms with Gasteiger partial charge < -0.3 is 10.0 Å². The van der Waals surface area contributed by atoms with E-state index in [1.165, 1.54) is 12.8 Å². The van der Waals surface area contributed by atoms with Crippen LogP contribution in [0.1, 0.15) is 68.9 Å². The third kappa shape index (κ3) is 3.83. The average molecular weight is 329 g/mol. The van der Waals surface area contributed by atoms with Crippen molar-refractivity contribution < 1.29 is 9.90 Å². The molecule has 1 saturated heterocycles. The van der Waals surface area contributed by atoms with E-state index in [0.29, 0.717) is 0 Å². The Morgan fingerprint density at radius 1 is 1.12 bits per heavy atom. The van der Waals surface area contributed by atoms with E-state index in [9.17, 15) is 9.90 Å². The molecule has 1 N–H and O–H groups in total. The maximum atomic E-state index is 12.9. The highest BCUT2D eigenvalue weighted by molar-refractivity contribution is 5.77. The van der Waals surface area contributed by atoms with Gasteiger partial charge in [0.25, 0.3) is 0 Å². The number of hydrogen-bond donors (Lipinski definition) is 1. The van der Waals surface area contributed by atoms with Gasteiger partial charge in [-0.2, -0.15) is 0 Å². The quantitative estimate of drug-likeness (QED) is 0.901. The molecule has 24 heavy (non-hydrogen) atoms. The monoisotopic (exact) mass is 329 g/mol. The number of aryl methyl sites for hydroxylation is 1. The Labute approximate surface area is 146 Å². The lowest BCUT2D eigenvalue weighted by Crippen LogP contribution is -2.44. The van der Waals surface area contributed by atoms with Crippen molar-refractivity contribution in [2.24, 2.45) is 5.92 Å². The molecule has 1 aromatic rings. The number of carbonyl (C=O) groups excluding carboxylic acids is 1. The number of benzene rings is 1. The molecule has 0 aromatic heterocycles. The van der Waals surface area contributed by atoms with Gasteiger partial charge in [-0.3, -0.25) is 4.79 Å². The molecule has 132 valence electrons. The van der Waals surface area contributed by atoms with Crippen LogP contribution in [0.15, 0.2) is 24.3 Å². The SMILES string of the molecule is Cc1cccc(C(O)(CC(=O)N2CCCCC2)C2CCCCC2)c1. The summed E-state index contributed by atoms with van der Waals surface area (Å²) in [6.07, 6.45) is 9.27. The predicted octanol–water partition coefficient (Wildman–Crippen LogP) is 4.17. The highest BCUT2D eigenvalue weighted by Crippen LogP contribution is 2.42. The number of likely N-dealkylation sites (tertiary alicyclic amines) is 1. The van der Waals surface area contributed by atoms with Crippen molar-refractivity contribution in [1.29, 1.82) is 0 Å². The van der Waals surface area contributed by atoms with E-state index in [0.717, 1.165) is 62.7 Å². The minimum absolute atomic E-state index is 0.129. The number of aliphatic hydroxyl groups is 1. The van der Waals surface area contributed by atoms with Gasteiger partial charge in [-0.1, -0.05) is 49.1 Å². The molecule has 2 aliphatic rings. The number of nitrogens with zero attached hydrogens (tertiary/aromatic N) is 1. The van der Waals surface area contributed by atoms with Gasteiger partial charge in [-0.25, -0.2) is 0 Å². The van der Waals surface area contributed by atoms with E-state index in [4.69, 9.17) is 0 Å². The number of hydrogen-bond acceptors (Lipinski definition) is 2. The summed E-state index contributed by atoms with van der Waals surface area (Å²) in [5, 5.41) is 11.7. The van der Waals surface area contributed by atoms with Crippen LogP contribution in [0.3, 0.4) is 0 Å². The van der Waals surface area contributed by atoms with Crippen molar-refractivity contribution in [2.45, 2.75) is 70.3 Å². The fourth-order valence-corrected chi connectivity index (χ4v) is 4.46. The van der Waals surface area contributed by atoms with Crippen LogP contribution in [0.25, 0.3) is 0 Å². The third-order valence-electron chi connectivity index (χ3n) is 5.93. The van der Waals surface area contributed by atoms with Gasteiger partial charge in [0.2, 0.25) is 5.91 Å². The first-order valence-corrected chi connectivity index (χ1v) is 9.67. The van der Waals surface area contributed by atoms with Gasteiger partial charge >= 0.3 is 0 Å². The van der Waals surface area contributed by atoms with Crippen LogP contribution < -0.4 is 0 Å². The first-order chi connectivity index (χ1) is 11.6. The van der Waals surface area contributed by atoms with E-state index in [1.54, 1.807) is 0 Å². The summed E-state index contributed by atoms with van der Waals surface area (Å²) in [6, 6.07) is 8.13. The van der Waals surface area contributed by atoms with Crippen LogP contribution in [0, 0.1) is 12.8 Å². The number of piperidine rings is 1. The molecule has 0 spiro atoms. The van der Waals surface area contributed by atoms with Crippen molar-refractivity contribution in [3.8, 4) is 0 Å². The predicted molar refractivity (Wildman–Crippen MR) is 96.7 cm³/mol. The normalized spacial score (nSPS) is 22.2. The molecule has 1 aromatic carbocycles. The molecule has 1 aliphatic carbocycles. The molecule has 3 heteroatoms. The van der Waals surface area contributed by atoms with Gasteiger partial charge in [-0.05, 0) is 50.5 Å². The lowest BCUT2D eigenvalue weighted by atomic mass is 9.71. The van der Waals surface area contributed by atoms with Crippen LogP contribution >= 0.6 is 0 Å². The van der Waals surface area contributed by atoms with Gasteiger partial charge in [-0.15, -0.1) is 0 Å². The van der Waals surface area contributed by atoms with Gasteiger partial charge in [0.15, 0.2) is 0 Å². The lowest BCUT2D eigenvalue weighted by molar-refractivity contribution is -0.141. The van der Waals surface area contributed by atoms with Gasteiger partial charge in [0.1, 0.15) is 5.60 Å². The van der Waals surface area contributed by atoms with Crippen LogP contribution in [-0.4, -0.2) is 29.0 Å². The fourth-order valence-electron chi connectivity index (χ4n) is 4.46. The Morgan fingerprint density at radius 3 is 2.46 bits per heavy atom. The molecule has 1 aliphatic heterocycles. The van der Waals surface area contributed by atoms with Gasteiger partial charge in [0, 0.05) is 13.1 Å². The molecule has 3 rings (SSSR count). The number of carbonyl (C=O) groups is 1. The van der Waals surface area contributed by atoms with Crippen LogP contribution in [-0.2, 0) is 10.4 Å². The summed E-state index contributed by atoms with van der Waals surface area (Å²) >= 11 is 0. The number of amides is 1. The molecule has 1 amide bonds. The van der Waals surface area contributed by atoms with E-state index in [2.05, 4.69) is 19.1 Å². The zero-order chi connectivity index (χ0) is 17.0. The zero-order valence-corrected chi connectivity index (χ0v) is 15.0. The Balaban J connectivity index is 1.84. The van der Waals surface area contributed by atoms with Crippen LogP contribution in [0.5, 0.6) is 0 Å². The second-order valence-corrected chi connectivity index (χ2v) is 7.75. The third-order valence-corrected chi connectivity index (χ3v) is 5.93. The van der Waals surface area contributed by atoms with E-state index in [-0.39, 0.29) is 18.2 Å². The maximum Gasteiger partial charge on any atom is 0.225 e. The molecule has 1 saturated carbocycles. The van der Waals surface area contributed by atoms with Crippen molar-refractivity contribution >= 4 is 5.91 Å². The molecular formula is C21H31NO2. The lowest BCUT2D eigenvalue weighted by Gasteiger charge is -2.40. The summed E-state index contributed by atoms with van der Waals surface area (Å²) in [6.45, 7) is 3.76. The molecule has 1 unspecified atom stereocenters. The number of rotatable bonds is 4. The molecule has 0 bridgehead atoms. The first-order valence-electron chi connectivity index (χ1n) is 9.67. The first kappa shape index (κ1) is 17.5. The summed E-state index contributed by atoms with van der Waals surface area (Å²) in [5.74, 6) is 0.325. The molecular weight excluding hydrogens is 298 g/mol. The van der Waals surface area contributed by atoms with Crippen LogP contribution in [0.4, 0.5) is 0 Å². The topological polar surface area (TPSA) is 40.5 Å². The Morgan fingerprint density at radius 2 is 1.79 bits per heavy atom. The fraction of sp³-hybridized carbons (Fsp3) is 0.667.